The first-order chi connectivity index (χ1) is 11.6. The smallest absolute Gasteiger partial charge is 0.278 e. The molecule has 4 rings (SSSR count). The Morgan fingerprint density at radius 2 is 1.92 bits per heavy atom. The molecule has 3 aromatic rings. The van der Waals surface area contributed by atoms with Gasteiger partial charge in [-0.3, -0.25) is 14.8 Å². The molecule has 0 aromatic carbocycles. The van der Waals surface area contributed by atoms with Crippen molar-refractivity contribution in [1.82, 2.24) is 24.5 Å². The highest BCUT2D eigenvalue weighted by molar-refractivity contribution is 5.70. The van der Waals surface area contributed by atoms with Crippen LogP contribution < -0.4 is 15.4 Å². The average molecular weight is 325 g/mol. The zero-order chi connectivity index (χ0) is 16.7. The largest absolute Gasteiger partial charge is 0.368 e. The summed E-state index contributed by atoms with van der Waals surface area (Å²) >= 11 is 0. The van der Waals surface area contributed by atoms with Crippen molar-refractivity contribution < 1.29 is 0 Å². The van der Waals surface area contributed by atoms with Crippen LogP contribution in [0.15, 0.2) is 29.6 Å². The van der Waals surface area contributed by atoms with Crippen LogP contribution in [0.1, 0.15) is 5.56 Å². The van der Waals surface area contributed by atoms with Crippen LogP contribution in [-0.4, -0.2) is 50.7 Å². The Morgan fingerprint density at radius 3 is 2.67 bits per heavy atom. The van der Waals surface area contributed by atoms with Gasteiger partial charge in [0.1, 0.15) is 0 Å². The molecule has 0 unspecified atom stereocenters. The molecule has 1 N–H and O–H groups in total. The summed E-state index contributed by atoms with van der Waals surface area (Å²) in [5.41, 5.74) is 3.23. The normalized spacial score (nSPS) is 15.2. The number of hydrogen-bond donors (Lipinski definition) is 1. The van der Waals surface area contributed by atoms with Crippen molar-refractivity contribution in [2.45, 2.75) is 6.92 Å². The first kappa shape index (κ1) is 14.7. The van der Waals surface area contributed by atoms with E-state index in [1.54, 1.807) is 17.9 Å². The minimum Gasteiger partial charge on any atom is -0.368 e. The number of H-pyrrole nitrogens is 1. The van der Waals surface area contributed by atoms with E-state index in [0.29, 0.717) is 17.1 Å². The molecular formula is C16H19N7O. The van der Waals surface area contributed by atoms with Gasteiger partial charge < -0.3 is 14.4 Å². The van der Waals surface area contributed by atoms with Crippen LogP contribution in [0.2, 0.25) is 0 Å². The first-order valence-corrected chi connectivity index (χ1v) is 7.95. The van der Waals surface area contributed by atoms with Crippen LogP contribution in [-0.2, 0) is 7.05 Å². The molecule has 1 fully saturated rings. The van der Waals surface area contributed by atoms with Crippen molar-refractivity contribution in [3.63, 3.8) is 0 Å². The van der Waals surface area contributed by atoms with Gasteiger partial charge in [-0.25, -0.2) is 4.98 Å². The molecule has 0 spiro atoms. The van der Waals surface area contributed by atoms with Gasteiger partial charge in [0, 0.05) is 51.3 Å². The van der Waals surface area contributed by atoms with Gasteiger partial charge in [0.15, 0.2) is 11.2 Å². The highest BCUT2D eigenvalue weighted by atomic mass is 16.1. The fraction of sp³-hybridized carbons (Fsp3) is 0.375. The number of hydrogen-bond acceptors (Lipinski definition) is 6. The van der Waals surface area contributed by atoms with Crippen LogP contribution >= 0.6 is 0 Å². The van der Waals surface area contributed by atoms with E-state index in [0.717, 1.165) is 26.2 Å². The molecule has 0 amide bonds. The molecule has 0 radical (unpaired) electrons. The second-order valence-corrected chi connectivity index (χ2v) is 6.05. The predicted molar refractivity (Wildman–Crippen MR) is 92.5 cm³/mol. The van der Waals surface area contributed by atoms with Crippen molar-refractivity contribution in [3.05, 3.63) is 40.7 Å². The van der Waals surface area contributed by atoms with Crippen LogP contribution in [0, 0.1) is 6.92 Å². The monoisotopic (exact) mass is 325 g/mol. The summed E-state index contributed by atoms with van der Waals surface area (Å²) in [7, 11) is 1.79. The van der Waals surface area contributed by atoms with Gasteiger partial charge in [-0.2, -0.15) is 4.98 Å². The van der Waals surface area contributed by atoms with Crippen molar-refractivity contribution in [1.29, 1.82) is 0 Å². The van der Waals surface area contributed by atoms with Crippen molar-refractivity contribution in [3.8, 4) is 0 Å². The fourth-order valence-electron chi connectivity index (χ4n) is 3.18. The number of piperazine rings is 1. The maximum atomic E-state index is 12.3. The minimum absolute atomic E-state index is 0.151. The number of imidazole rings is 1. The molecular weight excluding hydrogens is 306 g/mol. The molecule has 0 atom stereocenters. The highest BCUT2D eigenvalue weighted by Gasteiger charge is 2.21. The molecule has 24 heavy (non-hydrogen) atoms. The number of nitrogens with zero attached hydrogens (tertiary/aromatic N) is 6. The van der Waals surface area contributed by atoms with E-state index in [-0.39, 0.29) is 5.56 Å². The number of anilines is 2. The van der Waals surface area contributed by atoms with Gasteiger partial charge >= 0.3 is 0 Å². The molecule has 0 bridgehead atoms. The summed E-state index contributed by atoms with van der Waals surface area (Å²) < 4.78 is 1.69. The van der Waals surface area contributed by atoms with E-state index in [4.69, 9.17) is 0 Å². The van der Waals surface area contributed by atoms with Crippen LogP contribution in [0.5, 0.6) is 0 Å². The Kier molecular flexibility index (Phi) is 3.44. The third kappa shape index (κ3) is 2.40. The van der Waals surface area contributed by atoms with Gasteiger partial charge in [-0.15, -0.1) is 0 Å². The molecule has 0 aliphatic carbocycles. The lowest BCUT2D eigenvalue weighted by molar-refractivity contribution is 0.639. The zero-order valence-corrected chi connectivity index (χ0v) is 13.7. The number of aryl methyl sites for hydroxylation is 2. The third-order valence-corrected chi connectivity index (χ3v) is 4.48. The number of rotatable bonds is 2. The summed E-state index contributed by atoms with van der Waals surface area (Å²) in [4.78, 5) is 32.4. The second kappa shape index (κ2) is 5.63. The molecule has 1 aliphatic rings. The minimum atomic E-state index is -0.151. The Balaban J connectivity index is 1.56. The summed E-state index contributed by atoms with van der Waals surface area (Å²) in [6.07, 6.45) is 5.32. The maximum Gasteiger partial charge on any atom is 0.278 e. The molecule has 1 saturated heterocycles. The average Bonchev–Trinajstić information content (AvgIpc) is 2.97. The Hall–Kier alpha value is -2.90. The Labute approximate surface area is 138 Å². The van der Waals surface area contributed by atoms with Crippen molar-refractivity contribution in [2.75, 3.05) is 36.0 Å². The molecule has 8 nitrogen and oxygen atoms in total. The van der Waals surface area contributed by atoms with Gasteiger partial charge in [0.05, 0.1) is 6.33 Å². The van der Waals surface area contributed by atoms with Gasteiger partial charge in [-0.05, 0) is 18.6 Å². The van der Waals surface area contributed by atoms with Gasteiger partial charge in [0.25, 0.3) is 5.56 Å². The summed E-state index contributed by atoms with van der Waals surface area (Å²) in [6, 6.07) is 2.05. The lowest BCUT2D eigenvalue weighted by Crippen LogP contribution is -2.47. The molecule has 1 aliphatic heterocycles. The number of aromatic nitrogens is 5. The van der Waals surface area contributed by atoms with Crippen molar-refractivity contribution >= 4 is 22.8 Å². The fourth-order valence-corrected chi connectivity index (χ4v) is 3.18. The van der Waals surface area contributed by atoms with E-state index in [1.807, 2.05) is 18.5 Å². The lowest BCUT2D eigenvalue weighted by Gasteiger charge is -2.36. The van der Waals surface area contributed by atoms with E-state index >= 15 is 0 Å². The molecule has 4 heterocycles. The van der Waals surface area contributed by atoms with E-state index in [1.165, 1.54) is 11.3 Å². The van der Waals surface area contributed by atoms with Gasteiger partial charge in [-0.1, -0.05) is 0 Å². The van der Waals surface area contributed by atoms with Crippen LogP contribution in [0.4, 0.5) is 11.6 Å². The predicted octanol–water partition coefficient (Wildman–Crippen LogP) is 0.687. The maximum absolute atomic E-state index is 12.3. The molecule has 8 heteroatoms. The van der Waals surface area contributed by atoms with E-state index < -0.39 is 0 Å². The second-order valence-electron chi connectivity index (χ2n) is 6.05. The SMILES string of the molecule is Cc1cnccc1N1CCN(c2nc3ncn(C)c3c(=O)[nH]2)CC1. The Morgan fingerprint density at radius 1 is 1.17 bits per heavy atom. The van der Waals surface area contributed by atoms with E-state index in [2.05, 4.69) is 36.7 Å². The van der Waals surface area contributed by atoms with Crippen LogP contribution in [0.25, 0.3) is 11.2 Å². The summed E-state index contributed by atoms with van der Waals surface area (Å²) in [5.74, 6) is 0.595. The molecule has 3 aromatic heterocycles. The lowest BCUT2D eigenvalue weighted by atomic mass is 10.2. The summed E-state index contributed by atoms with van der Waals surface area (Å²) in [5, 5.41) is 0. The zero-order valence-electron chi connectivity index (χ0n) is 13.7. The molecule has 124 valence electrons. The van der Waals surface area contributed by atoms with Crippen molar-refractivity contribution in [2.24, 2.45) is 7.05 Å². The third-order valence-electron chi connectivity index (χ3n) is 4.48. The standard InChI is InChI=1S/C16H19N7O/c1-11-9-17-4-3-12(11)22-5-7-23(8-6-22)16-19-14-13(15(24)20-16)21(2)10-18-14/h3-4,9-10H,5-8H2,1-2H3,(H,19,20,24). The van der Waals surface area contributed by atoms with E-state index in [9.17, 15) is 4.79 Å². The van der Waals surface area contributed by atoms with Crippen LogP contribution in [0.3, 0.4) is 0 Å². The topological polar surface area (TPSA) is 82.9 Å². The summed E-state index contributed by atoms with van der Waals surface area (Å²) in [6.45, 7) is 5.40. The number of aromatic amines is 1. The Bertz CT molecular complexity index is 937. The highest BCUT2D eigenvalue weighted by Crippen LogP contribution is 2.21. The molecule has 0 saturated carbocycles. The first-order valence-electron chi connectivity index (χ1n) is 7.95. The number of fused-ring (bicyclic) bond motifs is 1. The quantitative estimate of drug-likeness (QED) is 0.746. The number of nitrogens with one attached hydrogen (secondary N) is 1. The van der Waals surface area contributed by atoms with Gasteiger partial charge in [0.2, 0.25) is 5.95 Å². The number of pyridine rings is 1.